The molecule has 3 aromatic rings. The lowest BCUT2D eigenvalue weighted by atomic mass is 10.2. The minimum atomic E-state index is -0.497. The molecule has 0 bridgehead atoms. The number of alkyl halides is 1. The maximum absolute atomic E-state index is 14.3. The van der Waals surface area contributed by atoms with Crippen molar-refractivity contribution < 1.29 is 8.78 Å². The molecule has 2 nitrogen and oxygen atoms in total. The van der Waals surface area contributed by atoms with Gasteiger partial charge >= 0.3 is 0 Å². The first-order valence-electron chi connectivity index (χ1n) is 6.26. The van der Waals surface area contributed by atoms with Gasteiger partial charge in [-0.3, -0.25) is 4.57 Å². The Morgan fingerprint density at radius 1 is 1.14 bits per heavy atom. The largest absolute Gasteiger partial charge is 0.291 e. The van der Waals surface area contributed by atoms with Gasteiger partial charge in [0, 0.05) is 4.47 Å². The van der Waals surface area contributed by atoms with Gasteiger partial charge in [-0.15, -0.1) is 11.6 Å². The first kappa shape index (κ1) is 14.5. The predicted octanol–water partition coefficient (Wildman–Crippen LogP) is 5.37. The fraction of sp³-hybridized carbons (Fsp3) is 0.133. The SMILES string of the molecule is CC(Cl)c1nc2c(F)cccc2n1-c1c(F)cccc1Br. The monoisotopic (exact) mass is 370 g/mol. The molecule has 1 heterocycles. The zero-order valence-corrected chi connectivity index (χ0v) is 13.3. The lowest BCUT2D eigenvalue weighted by Crippen LogP contribution is -2.05. The fourth-order valence-electron chi connectivity index (χ4n) is 2.29. The number of fused-ring (bicyclic) bond motifs is 1. The van der Waals surface area contributed by atoms with Crippen molar-refractivity contribution in [3.63, 3.8) is 0 Å². The summed E-state index contributed by atoms with van der Waals surface area (Å²) in [5.74, 6) is -0.508. The van der Waals surface area contributed by atoms with Crippen LogP contribution in [0.25, 0.3) is 16.7 Å². The molecule has 21 heavy (non-hydrogen) atoms. The van der Waals surface area contributed by atoms with Gasteiger partial charge < -0.3 is 0 Å². The van der Waals surface area contributed by atoms with Crippen molar-refractivity contribution in [2.75, 3.05) is 0 Å². The van der Waals surface area contributed by atoms with Gasteiger partial charge in [0.2, 0.25) is 0 Å². The second-order valence-corrected chi connectivity index (χ2v) is 6.11. The standard InChI is InChI=1S/C15H10BrClF2N2/c1-8(17)15-20-13-10(18)5-3-7-12(13)21(15)14-9(16)4-2-6-11(14)19/h2-8H,1H3. The minimum Gasteiger partial charge on any atom is -0.291 e. The molecule has 0 saturated carbocycles. The summed E-state index contributed by atoms with van der Waals surface area (Å²) in [6.45, 7) is 1.71. The number of nitrogens with zero attached hydrogens (tertiary/aromatic N) is 2. The average molecular weight is 372 g/mol. The third-order valence-electron chi connectivity index (χ3n) is 3.18. The summed E-state index contributed by atoms with van der Waals surface area (Å²) in [6, 6.07) is 9.21. The van der Waals surface area contributed by atoms with E-state index in [0.29, 0.717) is 15.8 Å². The van der Waals surface area contributed by atoms with Crippen molar-refractivity contribution in [1.29, 1.82) is 0 Å². The number of para-hydroxylation sites is 2. The summed E-state index contributed by atoms with van der Waals surface area (Å²) >= 11 is 9.47. The Balaban J connectivity index is 2.46. The van der Waals surface area contributed by atoms with Crippen LogP contribution in [0.1, 0.15) is 18.1 Å². The van der Waals surface area contributed by atoms with Gasteiger partial charge in [-0.25, -0.2) is 13.8 Å². The molecule has 0 spiro atoms. The molecule has 0 aliphatic heterocycles. The summed E-state index contributed by atoms with van der Waals surface area (Å²) in [7, 11) is 0. The number of hydrogen-bond donors (Lipinski definition) is 0. The van der Waals surface area contributed by atoms with Gasteiger partial charge in [0.25, 0.3) is 0 Å². The lowest BCUT2D eigenvalue weighted by Gasteiger charge is -2.13. The van der Waals surface area contributed by atoms with E-state index in [2.05, 4.69) is 20.9 Å². The van der Waals surface area contributed by atoms with Gasteiger partial charge in [-0.2, -0.15) is 0 Å². The average Bonchev–Trinajstić information content (AvgIpc) is 2.80. The van der Waals surface area contributed by atoms with E-state index in [0.717, 1.165) is 0 Å². The summed E-state index contributed by atoms with van der Waals surface area (Å²) in [5.41, 5.74) is 0.923. The molecule has 108 valence electrons. The minimum absolute atomic E-state index is 0.176. The highest BCUT2D eigenvalue weighted by atomic mass is 79.9. The third-order valence-corrected chi connectivity index (χ3v) is 4.01. The Kier molecular flexibility index (Phi) is 3.71. The Bertz CT molecular complexity index is 810. The number of halogens is 4. The first-order chi connectivity index (χ1) is 10.0. The molecule has 0 saturated heterocycles. The quantitative estimate of drug-likeness (QED) is 0.554. The fourth-order valence-corrected chi connectivity index (χ4v) is 2.95. The van der Waals surface area contributed by atoms with Crippen molar-refractivity contribution in [3.05, 3.63) is 58.3 Å². The molecule has 0 radical (unpaired) electrons. The van der Waals surface area contributed by atoms with Crippen LogP contribution in [0.15, 0.2) is 40.9 Å². The van der Waals surface area contributed by atoms with E-state index >= 15 is 0 Å². The number of aromatic nitrogens is 2. The normalized spacial score (nSPS) is 12.8. The Morgan fingerprint density at radius 3 is 2.48 bits per heavy atom. The molecular weight excluding hydrogens is 362 g/mol. The molecule has 0 aliphatic carbocycles. The lowest BCUT2D eigenvalue weighted by molar-refractivity contribution is 0.615. The Hall–Kier alpha value is -1.46. The van der Waals surface area contributed by atoms with Gasteiger partial charge in [0.05, 0.1) is 16.6 Å². The van der Waals surface area contributed by atoms with Crippen molar-refractivity contribution >= 4 is 38.6 Å². The summed E-state index contributed by atoms with van der Waals surface area (Å²) in [4.78, 5) is 4.24. The molecule has 1 unspecified atom stereocenters. The molecule has 0 amide bonds. The molecular formula is C15H10BrClF2N2. The van der Waals surface area contributed by atoms with Crippen LogP contribution in [-0.4, -0.2) is 9.55 Å². The summed E-state index contributed by atoms with van der Waals surface area (Å²) in [5, 5.41) is -0.497. The van der Waals surface area contributed by atoms with Gasteiger partial charge in [-0.05, 0) is 47.1 Å². The van der Waals surface area contributed by atoms with Gasteiger partial charge in [0.15, 0.2) is 5.82 Å². The van der Waals surface area contributed by atoms with Crippen molar-refractivity contribution in [2.45, 2.75) is 12.3 Å². The van der Waals surface area contributed by atoms with E-state index in [9.17, 15) is 8.78 Å². The first-order valence-corrected chi connectivity index (χ1v) is 7.49. The predicted molar refractivity (Wildman–Crippen MR) is 83.0 cm³/mol. The molecule has 0 fully saturated rings. The molecule has 1 atom stereocenters. The molecule has 0 aliphatic rings. The van der Waals surface area contributed by atoms with E-state index in [1.54, 1.807) is 35.8 Å². The second kappa shape index (κ2) is 5.39. The molecule has 2 aromatic carbocycles. The van der Waals surface area contributed by atoms with Gasteiger partial charge in [0.1, 0.15) is 17.2 Å². The van der Waals surface area contributed by atoms with Crippen molar-refractivity contribution in [2.24, 2.45) is 0 Å². The number of hydrogen-bond acceptors (Lipinski definition) is 1. The van der Waals surface area contributed by atoms with Crippen molar-refractivity contribution in [1.82, 2.24) is 9.55 Å². The van der Waals surface area contributed by atoms with Crippen LogP contribution in [-0.2, 0) is 0 Å². The Labute approximate surface area is 133 Å². The second-order valence-electron chi connectivity index (χ2n) is 4.60. The highest BCUT2D eigenvalue weighted by molar-refractivity contribution is 9.10. The number of benzene rings is 2. The van der Waals surface area contributed by atoms with E-state index in [4.69, 9.17) is 11.6 Å². The Morgan fingerprint density at radius 2 is 1.81 bits per heavy atom. The number of rotatable bonds is 2. The van der Waals surface area contributed by atoms with Crippen LogP contribution < -0.4 is 0 Å². The third kappa shape index (κ3) is 2.34. The zero-order valence-electron chi connectivity index (χ0n) is 10.9. The smallest absolute Gasteiger partial charge is 0.151 e. The van der Waals surface area contributed by atoms with Crippen LogP contribution in [0.2, 0.25) is 0 Å². The summed E-state index contributed by atoms with van der Waals surface area (Å²) < 4.78 is 30.3. The zero-order chi connectivity index (χ0) is 15.1. The maximum Gasteiger partial charge on any atom is 0.151 e. The van der Waals surface area contributed by atoms with Crippen LogP contribution >= 0.6 is 27.5 Å². The van der Waals surface area contributed by atoms with E-state index in [-0.39, 0.29) is 11.2 Å². The van der Waals surface area contributed by atoms with Gasteiger partial charge in [-0.1, -0.05) is 12.1 Å². The molecule has 0 N–H and O–H groups in total. The van der Waals surface area contributed by atoms with E-state index in [1.165, 1.54) is 12.1 Å². The highest BCUT2D eigenvalue weighted by Crippen LogP contribution is 2.33. The summed E-state index contributed by atoms with van der Waals surface area (Å²) in [6.07, 6.45) is 0. The van der Waals surface area contributed by atoms with Crippen LogP contribution in [0.3, 0.4) is 0 Å². The van der Waals surface area contributed by atoms with E-state index in [1.807, 2.05) is 0 Å². The number of imidazole rings is 1. The highest BCUT2D eigenvalue weighted by Gasteiger charge is 2.21. The topological polar surface area (TPSA) is 17.8 Å². The van der Waals surface area contributed by atoms with Crippen LogP contribution in [0.4, 0.5) is 8.78 Å². The van der Waals surface area contributed by atoms with Crippen LogP contribution in [0, 0.1) is 11.6 Å². The molecule has 1 aromatic heterocycles. The maximum atomic E-state index is 14.3. The van der Waals surface area contributed by atoms with Crippen molar-refractivity contribution in [3.8, 4) is 5.69 Å². The molecule has 3 rings (SSSR count). The van der Waals surface area contributed by atoms with Crippen LogP contribution in [0.5, 0.6) is 0 Å². The van der Waals surface area contributed by atoms with E-state index < -0.39 is 17.0 Å². The molecule has 6 heteroatoms.